The van der Waals surface area contributed by atoms with Crippen LogP contribution in [0.15, 0.2) is 47.4 Å². The molecular formula is C36H55N3O7S. The summed E-state index contributed by atoms with van der Waals surface area (Å²) in [6, 6.07) is 10.4. The van der Waals surface area contributed by atoms with Crippen LogP contribution in [0.25, 0.3) is 0 Å². The molecular weight excluding hydrogens is 618 g/mol. The molecule has 4 rings (SSSR count). The molecule has 2 N–H and O–H groups in total. The number of carbonyl (C=O) groups excluding carboxylic acids is 1. The van der Waals surface area contributed by atoms with Crippen LogP contribution in [0.5, 0.6) is 11.5 Å². The number of aliphatic hydroxyl groups is 1. The van der Waals surface area contributed by atoms with Gasteiger partial charge in [-0.25, -0.2) is 8.42 Å². The molecule has 2 aliphatic rings. The number of methoxy groups -OCH3 is 1. The van der Waals surface area contributed by atoms with Crippen LogP contribution in [0.4, 0.5) is 5.69 Å². The third-order valence-corrected chi connectivity index (χ3v) is 10.9. The monoisotopic (exact) mass is 673 g/mol. The van der Waals surface area contributed by atoms with Gasteiger partial charge in [-0.2, -0.15) is 0 Å². The molecule has 0 radical (unpaired) electrons. The van der Waals surface area contributed by atoms with E-state index < -0.39 is 16.1 Å². The standard InChI is InChI=1S/C36H55N3O7S/c1-26-22-39(27(2)25-40)36(41)33-21-30(37-47(42,43)32-17-15-31(44-5)16-18-32)14-19-34(33)46-28(3)11-9-10-20-45-35(26)24-38(4)23-29-12-7-6-8-13-29/h14-19,21,26-29,35,37,40H,6-13,20,22-25H2,1-5H3/t26-,27+,28-,35-/m0/s1. The number of amides is 1. The number of nitrogens with zero attached hydrogens (tertiary/aromatic N) is 2. The van der Waals surface area contributed by atoms with E-state index in [2.05, 4.69) is 23.6 Å². The van der Waals surface area contributed by atoms with Gasteiger partial charge in [0.05, 0.1) is 42.4 Å². The van der Waals surface area contributed by atoms with Crippen molar-refractivity contribution in [3.8, 4) is 11.5 Å². The van der Waals surface area contributed by atoms with Crippen molar-refractivity contribution in [2.24, 2.45) is 11.8 Å². The van der Waals surface area contributed by atoms with Crippen molar-refractivity contribution in [1.29, 1.82) is 0 Å². The Hall–Kier alpha value is -2.86. The molecule has 1 saturated carbocycles. The van der Waals surface area contributed by atoms with Crippen molar-refractivity contribution in [1.82, 2.24) is 9.80 Å². The minimum atomic E-state index is -3.95. The van der Waals surface area contributed by atoms with Crippen LogP contribution in [-0.4, -0.2) is 94.5 Å². The SMILES string of the molecule is COc1ccc(S(=O)(=O)Nc2ccc3c(c2)C(=O)N([C@H](C)CO)C[C@H](C)[C@H](CN(C)CC2CCCCC2)OCCCC[C@H](C)O3)cc1. The van der Waals surface area contributed by atoms with E-state index in [1.807, 2.05) is 13.8 Å². The zero-order valence-corrected chi connectivity index (χ0v) is 29.6. The van der Waals surface area contributed by atoms with E-state index in [0.717, 1.165) is 32.4 Å². The Balaban J connectivity index is 1.61. The highest BCUT2D eigenvalue weighted by molar-refractivity contribution is 7.92. The van der Waals surface area contributed by atoms with Crippen LogP contribution >= 0.6 is 0 Å². The number of hydrogen-bond donors (Lipinski definition) is 2. The molecule has 0 aromatic heterocycles. The summed E-state index contributed by atoms with van der Waals surface area (Å²) in [7, 11) is -0.266. The van der Waals surface area contributed by atoms with Crippen molar-refractivity contribution in [3.63, 3.8) is 0 Å². The lowest BCUT2D eigenvalue weighted by Gasteiger charge is -2.36. The van der Waals surface area contributed by atoms with E-state index in [1.165, 1.54) is 57.4 Å². The van der Waals surface area contributed by atoms with Crippen molar-refractivity contribution in [3.05, 3.63) is 48.0 Å². The predicted octanol–water partition coefficient (Wildman–Crippen LogP) is 5.80. The Morgan fingerprint density at radius 1 is 1.02 bits per heavy atom. The minimum absolute atomic E-state index is 0.0234. The first kappa shape index (κ1) is 37.0. The number of likely N-dealkylation sites (N-methyl/N-ethyl adjacent to an activating group) is 1. The number of anilines is 1. The highest BCUT2D eigenvalue weighted by Crippen LogP contribution is 2.30. The fourth-order valence-electron chi connectivity index (χ4n) is 6.61. The van der Waals surface area contributed by atoms with Crippen molar-refractivity contribution < 1.29 is 32.5 Å². The molecule has 2 aromatic rings. The lowest BCUT2D eigenvalue weighted by Crippen LogP contribution is -2.47. The number of sulfonamides is 1. The first-order valence-electron chi connectivity index (χ1n) is 17.2. The molecule has 1 heterocycles. The topological polar surface area (TPSA) is 118 Å². The Morgan fingerprint density at radius 2 is 1.72 bits per heavy atom. The smallest absolute Gasteiger partial charge is 0.261 e. The van der Waals surface area contributed by atoms with Crippen LogP contribution in [-0.2, 0) is 14.8 Å². The number of hydrogen-bond acceptors (Lipinski definition) is 8. The van der Waals surface area contributed by atoms with Gasteiger partial charge >= 0.3 is 0 Å². The Labute approximate surface area is 281 Å². The van der Waals surface area contributed by atoms with E-state index in [9.17, 15) is 18.3 Å². The lowest BCUT2D eigenvalue weighted by atomic mass is 9.89. The molecule has 1 aliphatic carbocycles. The van der Waals surface area contributed by atoms with E-state index in [4.69, 9.17) is 14.2 Å². The molecule has 1 fully saturated rings. The van der Waals surface area contributed by atoms with Crippen molar-refractivity contribution in [2.45, 2.75) is 95.3 Å². The number of nitrogens with one attached hydrogen (secondary N) is 1. The van der Waals surface area contributed by atoms with Gasteiger partial charge in [0.25, 0.3) is 15.9 Å². The van der Waals surface area contributed by atoms with Crippen LogP contribution in [0.1, 0.15) is 82.5 Å². The van der Waals surface area contributed by atoms with Gasteiger partial charge in [-0.15, -0.1) is 0 Å². The van der Waals surface area contributed by atoms with Crippen LogP contribution in [0.3, 0.4) is 0 Å². The summed E-state index contributed by atoms with van der Waals surface area (Å²) >= 11 is 0. The van der Waals surface area contributed by atoms with Crippen molar-refractivity contribution >= 4 is 21.6 Å². The fraction of sp³-hybridized carbons (Fsp3) is 0.639. The summed E-state index contributed by atoms with van der Waals surface area (Å²) in [6.07, 6.45) is 8.82. The summed E-state index contributed by atoms with van der Waals surface area (Å²) in [4.78, 5) is 18.5. The predicted molar refractivity (Wildman–Crippen MR) is 185 cm³/mol. The van der Waals surface area contributed by atoms with Gasteiger partial charge in [0.2, 0.25) is 0 Å². The number of benzene rings is 2. The molecule has 4 atom stereocenters. The van der Waals surface area contributed by atoms with Gasteiger partial charge in [0.1, 0.15) is 11.5 Å². The number of carbonyl (C=O) groups is 1. The highest BCUT2D eigenvalue weighted by atomic mass is 32.2. The summed E-state index contributed by atoms with van der Waals surface area (Å²) in [5, 5.41) is 10.3. The van der Waals surface area contributed by atoms with Crippen LogP contribution < -0.4 is 14.2 Å². The molecule has 1 amide bonds. The Kier molecular flexibility index (Phi) is 13.8. The average molecular weight is 674 g/mol. The molecule has 10 nitrogen and oxygen atoms in total. The number of fused-ring (bicyclic) bond motifs is 1. The highest BCUT2D eigenvalue weighted by Gasteiger charge is 2.31. The summed E-state index contributed by atoms with van der Waals surface area (Å²) < 4.78 is 47.1. The molecule has 11 heteroatoms. The number of aliphatic hydroxyl groups excluding tert-OH is 1. The zero-order valence-electron chi connectivity index (χ0n) is 28.8. The maximum atomic E-state index is 14.4. The normalized spacial score (nSPS) is 23.0. The fourth-order valence-corrected chi connectivity index (χ4v) is 7.66. The van der Waals surface area contributed by atoms with Crippen LogP contribution in [0.2, 0.25) is 0 Å². The van der Waals surface area contributed by atoms with Crippen LogP contribution in [0, 0.1) is 11.8 Å². The number of ether oxygens (including phenoxy) is 3. The van der Waals surface area contributed by atoms with Gasteiger partial charge < -0.3 is 29.1 Å². The van der Waals surface area contributed by atoms with Gasteiger partial charge in [0.15, 0.2) is 0 Å². The molecule has 47 heavy (non-hydrogen) atoms. The van der Waals surface area contributed by atoms with Gasteiger partial charge in [-0.3, -0.25) is 9.52 Å². The van der Waals surface area contributed by atoms with E-state index in [1.54, 1.807) is 29.2 Å². The second kappa shape index (κ2) is 17.5. The lowest BCUT2D eigenvalue weighted by molar-refractivity contribution is -0.0190. The molecule has 0 unspecified atom stereocenters. The first-order chi connectivity index (χ1) is 22.5. The second-order valence-electron chi connectivity index (χ2n) is 13.5. The van der Waals surface area contributed by atoms with Crippen molar-refractivity contribution in [2.75, 3.05) is 51.7 Å². The molecule has 1 aliphatic heterocycles. The van der Waals surface area contributed by atoms with E-state index >= 15 is 0 Å². The zero-order chi connectivity index (χ0) is 34.0. The molecule has 0 saturated heterocycles. The van der Waals surface area contributed by atoms with Gasteiger partial charge in [0, 0.05) is 37.8 Å². The molecule has 0 bridgehead atoms. The minimum Gasteiger partial charge on any atom is -0.497 e. The molecule has 2 aromatic carbocycles. The van der Waals surface area contributed by atoms with E-state index in [0.29, 0.717) is 30.6 Å². The summed E-state index contributed by atoms with van der Waals surface area (Å²) in [5.41, 5.74) is 0.476. The third kappa shape index (κ3) is 10.6. The third-order valence-electron chi connectivity index (χ3n) is 9.46. The van der Waals surface area contributed by atoms with E-state index in [-0.39, 0.29) is 46.8 Å². The first-order valence-corrected chi connectivity index (χ1v) is 18.7. The summed E-state index contributed by atoms with van der Waals surface area (Å²) in [6.45, 7) is 8.48. The largest absolute Gasteiger partial charge is 0.497 e. The maximum Gasteiger partial charge on any atom is 0.261 e. The second-order valence-corrected chi connectivity index (χ2v) is 15.2. The molecule has 0 spiro atoms. The van der Waals surface area contributed by atoms with Gasteiger partial charge in [-0.1, -0.05) is 26.2 Å². The van der Waals surface area contributed by atoms with Gasteiger partial charge in [-0.05, 0) is 101 Å². The number of rotatable bonds is 10. The average Bonchev–Trinajstić information content (AvgIpc) is 3.06. The maximum absolute atomic E-state index is 14.4. The quantitative estimate of drug-likeness (QED) is 0.325. The summed E-state index contributed by atoms with van der Waals surface area (Å²) in [5.74, 6) is 1.28. The Morgan fingerprint density at radius 3 is 2.40 bits per heavy atom. The molecule has 262 valence electrons. The Bertz CT molecular complexity index is 1380.